The topological polar surface area (TPSA) is 34.4 Å². The number of aromatic nitrogens is 1. The Hall–Kier alpha value is -2.20. The maximum Gasteiger partial charge on any atom is 0.248 e. The van der Waals surface area contributed by atoms with Crippen LogP contribution in [0.5, 0.6) is 0 Å². The highest BCUT2D eigenvalue weighted by Crippen LogP contribution is 2.23. The van der Waals surface area contributed by atoms with E-state index in [4.69, 9.17) is 0 Å². The largest absolute Gasteiger partial charge is 0.316 e. The van der Waals surface area contributed by atoms with E-state index in [1.54, 1.807) is 11.3 Å². The second-order valence-corrected chi connectivity index (χ2v) is 7.44. The minimum Gasteiger partial charge on any atom is -0.316 e. The highest BCUT2D eigenvalue weighted by Gasteiger charge is 2.10. The Balaban J connectivity index is 1.93. The zero-order chi connectivity index (χ0) is 17.8. The van der Waals surface area contributed by atoms with Crippen LogP contribution < -0.4 is 4.80 Å². The molecule has 3 nitrogen and oxygen atoms in total. The molecule has 0 unspecified atom stereocenters. The third kappa shape index (κ3) is 4.07. The molecule has 1 aromatic heterocycles. The first-order valence-corrected chi connectivity index (χ1v) is 9.62. The molecule has 25 heavy (non-hydrogen) atoms. The third-order valence-electron chi connectivity index (χ3n) is 4.25. The van der Waals surface area contributed by atoms with E-state index in [1.165, 1.54) is 26.9 Å². The number of fused-ring (bicyclic) bond motifs is 1. The summed E-state index contributed by atoms with van der Waals surface area (Å²) in [4.78, 5) is 17.7. The average Bonchev–Trinajstić information content (AvgIpc) is 2.92. The molecule has 3 rings (SSSR count). The van der Waals surface area contributed by atoms with Crippen molar-refractivity contribution in [3.05, 3.63) is 64.0 Å². The summed E-state index contributed by atoms with van der Waals surface area (Å²) < 4.78 is 3.43. The van der Waals surface area contributed by atoms with Crippen molar-refractivity contribution in [2.24, 2.45) is 4.99 Å². The molecular weight excluding hydrogens is 328 g/mol. The number of amides is 1. The van der Waals surface area contributed by atoms with Crippen molar-refractivity contribution in [1.29, 1.82) is 0 Å². The molecule has 0 saturated carbocycles. The van der Waals surface area contributed by atoms with Gasteiger partial charge in [-0.25, -0.2) is 0 Å². The molecule has 1 heterocycles. The van der Waals surface area contributed by atoms with Crippen LogP contribution in [-0.2, 0) is 17.8 Å². The Bertz CT molecular complexity index is 951. The van der Waals surface area contributed by atoms with Gasteiger partial charge in [0.25, 0.3) is 0 Å². The number of rotatable bonds is 5. The third-order valence-corrected chi connectivity index (χ3v) is 5.48. The van der Waals surface area contributed by atoms with E-state index in [-0.39, 0.29) is 5.91 Å². The smallest absolute Gasteiger partial charge is 0.248 e. The number of thiazole rings is 1. The molecule has 3 aromatic rings. The quantitative estimate of drug-likeness (QED) is 0.650. The molecule has 2 aromatic carbocycles. The number of hydrogen-bond donors (Lipinski definition) is 0. The summed E-state index contributed by atoms with van der Waals surface area (Å²) in [7, 11) is 0. The SMILES string of the molecule is CCCn1c(=NC(=O)CCc2ccccc2)sc2c(C)cc(C)cc21. The maximum absolute atomic E-state index is 12.4. The van der Waals surface area contributed by atoms with Crippen LogP contribution in [0.4, 0.5) is 0 Å². The molecule has 0 aliphatic carbocycles. The number of nitrogens with zero attached hydrogens (tertiary/aromatic N) is 2. The molecule has 0 fully saturated rings. The second-order valence-electron chi connectivity index (χ2n) is 6.46. The van der Waals surface area contributed by atoms with Crippen molar-refractivity contribution >= 4 is 27.5 Å². The lowest BCUT2D eigenvalue weighted by Gasteiger charge is -2.04. The van der Waals surface area contributed by atoms with E-state index < -0.39 is 0 Å². The Morgan fingerprint density at radius 1 is 1.16 bits per heavy atom. The minimum absolute atomic E-state index is 0.0466. The lowest BCUT2D eigenvalue weighted by atomic mass is 10.1. The number of carbonyl (C=O) groups excluding carboxylic acids is 1. The Morgan fingerprint density at radius 3 is 2.64 bits per heavy atom. The molecule has 0 N–H and O–H groups in total. The van der Waals surface area contributed by atoms with Gasteiger partial charge in [-0.15, -0.1) is 0 Å². The lowest BCUT2D eigenvalue weighted by molar-refractivity contribution is -0.118. The average molecular weight is 353 g/mol. The summed E-state index contributed by atoms with van der Waals surface area (Å²) in [5.41, 5.74) is 4.87. The summed E-state index contributed by atoms with van der Waals surface area (Å²) in [6.45, 7) is 7.28. The maximum atomic E-state index is 12.4. The number of benzene rings is 2. The molecule has 0 aliphatic heterocycles. The van der Waals surface area contributed by atoms with Gasteiger partial charge < -0.3 is 4.57 Å². The lowest BCUT2D eigenvalue weighted by Crippen LogP contribution is -2.17. The van der Waals surface area contributed by atoms with Crippen LogP contribution >= 0.6 is 11.3 Å². The number of hydrogen-bond acceptors (Lipinski definition) is 2. The molecule has 0 saturated heterocycles. The van der Waals surface area contributed by atoms with E-state index in [2.05, 4.69) is 54.6 Å². The van der Waals surface area contributed by atoms with E-state index >= 15 is 0 Å². The minimum atomic E-state index is -0.0466. The number of aryl methyl sites for hydroxylation is 4. The van der Waals surface area contributed by atoms with Gasteiger partial charge in [0.15, 0.2) is 4.80 Å². The Kier molecular flexibility index (Phi) is 5.49. The summed E-state index contributed by atoms with van der Waals surface area (Å²) >= 11 is 1.62. The molecule has 0 aliphatic rings. The zero-order valence-electron chi connectivity index (χ0n) is 15.1. The van der Waals surface area contributed by atoms with Crippen LogP contribution in [0.15, 0.2) is 47.5 Å². The van der Waals surface area contributed by atoms with Crippen molar-refractivity contribution in [2.75, 3.05) is 0 Å². The predicted molar refractivity (Wildman–Crippen MR) is 105 cm³/mol. The van der Waals surface area contributed by atoms with Crippen LogP contribution in [-0.4, -0.2) is 10.5 Å². The van der Waals surface area contributed by atoms with E-state index in [9.17, 15) is 4.79 Å². The molecule has 1 amide bonds. The van der Waals surface area contributed by atoms with Crippen LogP contribution in [0, 0.1) is 13.8 Å². The van der Waals surface area contributed by atoms with Gasteiger partial charge in [-0.05, 0) is 49.4 Å². The van der Waals surface area contributed by atoms with Gasteiger partial charge in [-0.3, -0.25) is 4.79 Å². The fourth-order valence-electron chi connectivity index (χ4n) is 3.10. The first-order valence-electron chi connectivity index (χ1n) is 8.80. The van der Waals surface area contributed by atoms with Gasteiger partial charge in [0.1, 0.15) is 0 Å². The molecule has 0 bridgehead atoms. The van der Waals surface area contributed by atoms with Crippen LogP contribution in [0.1, 0.15) is 36.5 Å². The first kappa shape index (κ1) is 17.6. The molecular formula is C21H24N2OS. The van der Waals surface area contributed by atoms with Gasteiger partial charge in [0.05, 0.1) is 10.2 Å². The molecule has 0 spiro atoms. The Morgan fingerprint density at radius 2 is 1.92 bits per heavy atom. The summed E-state index contributed by atoms with van der Waals surface area (Å²) in [5, 5.41) is 0. The van der Waals surface area contributed by atoms with Crippen molar-refractivity contribution in [3.63, 3.8) is 0 Å². The molecule has 130 valence electrons. The fraction of sp³-hybridized carbons (Fsp3) is 0.333. The fourth-order valence-corrected chi connectivity index (χ4v) is 4.22. The van der Waals surface area contributed by atoms with Crippen LogP contribution in [0.2, 0.25) is 0 Å². The van der Waals surface area contributed by atoms with Gasteiger partial charge in [-0.1, -0.05) is 54.7 Å². The zero-order valence-corrected chi connectivity index (χ0v) is 15.9. The normalized spacial score (nSPS) is 12.0. The van der Waals surface area contributed by atoms with Gasteiger partial charge in [0.2, 0.25) is 5.91 Å². The van der Waals surface area contributed by atoms with Crippen LogP contribution in [0.25, 0.3) is 10.2 Å². The Labute approximate surface area is 152 Å². The van der Waals surface area contributed by atoms with Crippen molar-refractivity contribution < 1.29 is 4.79 Å². The van der Waals surface area contributed by atoms with Crippen molar-refractivity contribution in [2.45, 2.75) is 46.6 Å². The number of carbonyl (C=O) groups is 1. The monoisotopic (exact) mass is 352 g/mol. The van der Waals surface area contributed by atoms with E-state index in [1.807, 2.05) is 18.2 Å². The molecule has 4 heteroatoms. The van der Waals surface area contributed by atoms with Crippen molar-refractivity contribution in [3.8, 4) is 0 Å². The second kappa shape index (κ2) is 7.79. The first-order chi connectivity index (χ1) is 12.1. The van der Waals surface area contributed by atoms with Gasteiger partial charge in [0, 0.05) is 13.0 Å². The predicted octanol–water partition coefficient (Wildman–Crippen LogP) is 4.79. The van der Waals surface area contributed by atoms with Gasteiger partial charge >= 0.3 is 0 Å². The molecule has 0 atom stereocenters. The highest BCUT2D eigenvalue weighted by molar-refractivity contribution is 7.16. The van der Waals surface area contributed by atoms with Gasteiger partial charge in [-0.2, -0.15) is 4.99 Å². The van der Waals surface area contributed by atoms with Crippen LogP contribution in [0.3, 0.4) is 0 Å². The standard InChI is InChI=1S/C21H24N2OS/c1-4-12-23-18-14-15(2)13-16(3)20(18)25-21(23)22-19(24)11-10-17-8-6-5-7-9-17/h5-9,13-14H,4,10-12H2,1-3H3. The van der Waals surface area contributed by atoms with E-state index in [0.717, 1.165) is 24.2 Å². The van der Waals surface area contributed by atoms with Crippen molar-refractivity contribution in [1.82, 2.24) is 4.57 Å². The summed E-state index contributed by atoms with van der Waals surface area (Å²) in [6, 6.07) is 14.5. The highest BCUT2D eigenvalue weighted by atomic mass is 32.1. The summed E-state index contributed by atoms with van der Waals surface area (Å²) in [6.07, 6.45) is 2.20. The molecule has 0 radical (unpaired) electrons. The van der Waals surface area contributed by atoms with E-state index in [0.29, 0.717) is 6.42 Å². The summed E-state index contributed by atoms with van der Waals surface area (Å²) in [5.74, 6) is -0.0466.